The van der Waals surface area contributed by atoms with Crippen LogP contribution in [0, 0.1) is 5.82 Å². The molecule has 0 saturated heterocycles. The predicted octanol–water partition coefficient (Wildman–Crippen LogP) is 4.53. The molecule has 0 radical (unpaired) electrons. The predicted molar refractivity (Wildman–Crippen MR) is 92.6 cm³/mol. The van der Waals surface area contributed by atoms with Gasteiger partial charge in [-0.2, -0.15) is 0 Å². The van der Waals surface area contributed by atoms with E-state index in [0.29, 0.717) is 6.42 Å². The summed E-state index contributed by atoms with van der Waals surface area (Å²) in [6, 6.07) is 17.2. The summed E-state index contributed by atoms with van der Waals surface area (Å²) in [4.78, 5) is -0.232. The van der Waals surface area contributed by atoms with Gasteiger partial charge < -0.3 is 4.74 Å². The van der Waals surface area contributed by atoms with E-state index < -0.39 is 14.9 Å². The molecule has 0 heterocycles. The van der Waals surface area contributed by atoms with Crippen molar-refractivity contribution in [3.63, 3.8) is 0 Å². The van der Waals surface area contributed by atoms with Crippen molar-refractivity contribution in [3.05, 3.63) is 72.0 Å². The fraction of sp³-hybridized carbons (Fsp3) is 0.111. The first-order valence-corrected chi connectivity index (χ1v) is 9.59. The molecule has 3 aromatic carbocycles. The number of benzene rings is 3. The first-order valence-electron chi connectivity index (χ1n) is 7.28. The van der Waals surface area contributed by atoms with E-state index in [-0.39, 0.29) is 17.3 Å². The highest BCUT2D eigenvalue weighted by Crippen LogP contribution is 2.28. The van der Waals surface area contributed by atoms with E-state index in [1.807, 2.05) is 42.5 Å². The maximum atomic E-state index is 13.3. The van der Waals surface area contributed by atoms with Crippen LogP contribution < -0.4 is 4.74 Å². The van der Waals surface area contributed by atoms with Gasteiger partial charge in [-0.25, -0.2) is 12.8 Å². The molecular weight excluding hydrogens is 351 g/mol. The van der Waals surface area contributed by atoms with Gasteiger partial charge in [0.25, 0.3) is 9.05 Å². The maximum Gasteiger partial charge on any atom is 0.264 e. The van der Waals surface area contributed by atoms with Gasteiger partial charge in [0, 0.05) is 23.2 Å². The van der Waals surface area contributed by atoms with Crippen molar-refractivity contribution in [2.75, 3.05) is 6.61 Å². The molecule has 0 atom stereocenters. The first kappa shape index (κ1) is 16.7. The summed E-state index contributed by atoms with van der Waals surface area (Å²) < 4.78 is 41.8. The zero-order valence-electron chi connectivity index (χ0n) is 12.6. The zero-order valence-corrected chi connectivity index (χ0v) is 14.1. The van der Waals surface area contributed by atoms with Gasteiger partial charge in [-0.15, -0.1) is 0 Å². The molecule has 0 unspecified atom stereocenters. The normalized spacial score (nSPS) is 11.6. The molecule has 124 valence electrons. The lowest BCUT2D eigenvalue weighted by molar-refractivity contribution is 0.312. The molecule has 0 N–H and O–H groups in total. The Bertz CT molecular complexity index is 986. The highest BCUT2D eigenvalue weighted by Gasteiger charge is 2.17. The van der Waals surface area contributed by atoms with Gasteiger partial charge >= 0.3 is 0 Å². The molecule has 24 heavy (non-hydrogen) atoms. The Hall–Kier alpha value is -2.11. The van der Waals surface area contributed by atoms with Gasteiger partial charge in [-0.05, 0) is 28.5 Å². The standard InChI is InChI=1S/C18H14ClFO3S/c19-24(21,22)18-8-7-16(20)12-17(18)23-10-9-13-5-6-14-3-1-2-4-15(14)11-13/h1-8,11-12H,9-10H2. The van der Waals surface area contributed by atoms with E-state index in [4.69, 9.17) is 15.4 Å². The minimum atomic E-state index is -3.99. The Balaban J connectivity index is 1.75. The van der Waals surface area contributed by atoms with Gasteiger partial charge in [0.2, 0.25) is 0 Å². The lowest BCUT2D eigenvalue weighted by Gasteiger charge is -2.10. The SMILES string of the molecule is O=S(=O)(Cl)c1ccc(F)cc1OCCc1ccc2ccccc2c1. The number of hydrogen-bond acceptors (Lipinski definition) is 3. The topological polar surface area (TPSA) is 43.4 Å². The summed E-state index contributed by atoms with van der Waals surface area (Å²) >= 11 is 0. The Morgan fingerprint density at radius 2 is 1.71 bits per heavy atom. The summed E-state index contributed by atoms with van der Waals surface area (Å²) in [6.07, 6.45) is 0.559. The second-order valence-electron chi connectivity index (χ2n) is 5.31. The van der Waals surface area contributed by atoms with E-state index >= 15 is 0 Å². The van der Waals surface area contributed by atoms with E-state index in [9.17, 15) is 12.8 Å². The van der Waals surface area contributed by atoms with Crippen LogP contribution in [0.3, 0.4) is 0 Å². The fourth-order valence-corrected chi connectivity index (χ4v) is 3.44. The minimum absolute atomic E-state index is 0.0780. The second-order valence-corrected chi connectivity index (χ2v) is 7.84. The van der Waals surface area contributed by atoms with E-state index in [2.05, 4.69) is 0 Å². The van der Waals surface area contributed by atoms with Crippen LogP contribution in [0.2, 0.25) is 0 Å². The van der Waals surface area contributed by atoms with Crippen molar-refractivity contribution in [1.29, 1.82) is 0 Å². The number of hydrogen-bond donors (Lipinski definition) is 0. The second kappa shape index (κ2) is 6.79. The summed E-state index contributed by atoms with van der Waals surface area (Å²) in [7, 11) is 1.35. The van der Waals surface area contributed by atoms with Crippen LogP contribution in [-0.2, 0) is 15.5 Å². The number of rotatable bonds is 5. The van der Waals surface area contributed by atoms with Crippen molar-refractivity contribution >= 4 is 30.5 Å². The maximum absolute atomic E-state index is 13.3. The molecule has 0 amide bonds. The minimum Gasteiger partial charge on any atom is -0.492 e. The van der Waals surface area contributed by atoms with Crippen LogP contribution in [0.5, 0.6) is 5.75 Å². The van der Waals surface area contributed by atoms with Crippen molar-refractivity contribution in [3.8, 4) is 5.75 Å². The van der Waals surface area contributed by atoms with Crippen LogP contribution in [0.4, 0.5) is 4.39 Å². The van der Waals surface area contributed by atoms with Crippen molar-refractivity contribution in [1.82, 2.24) is 0 Å². The quantitative estimate of drug-likeness (QED) is 0.625. The first-order chi connectivity index (χ1) is 11.4. The fourth-order valence-electron chi connectivity index (χ4n) is 2.47. The van der Waals surface area contributed by atoms with Crippen LogP contribution >= 0.6 is 10.7 Å². The smallest absolute Gasteiger partial charge is 0.264 e. The monoisotopic (exact) mass is 364 g/mol. The Labute approximate surface area is 144 Å². The van der Waals surface area contributed by atoms with Gasteiger partial charge in [-0.1, -0.05) is 42.5 Å². The van der Waals surface area contributed by atoms with E-state index in [1.54, 1.807) is 0 Å². The molecule has 3 rings (SSSR count). The average Bonchev–Trinajstić information content (AvgIpc) is 2.53. The lowest BCUT2D eigenvalue weighted by Crippen LogP contribution is -2.05. The highest BCUT2D eigenvalue weighted by molar-refractivity contribution is 8.13. The van der Waals surface area contributed by atoms with Crippen LogP contribution in [0.1, 0.15) is 5.56 Å². The van der Waals surface area contributed by atoms with Gasteiger partial charge in [0.1, 0.15) is 16.5 Å². The zero-order chi connectivity index (χ0) is 17.2. The molecule has 0 saturated carbocycles. The Kier molecular flexibility index (Phi) is 4.73. The lowest BCUT2D eigenvalue weighted by atomic mass is 10.1. The van der Waals surface area contributed by atoms with Gasteiger partial charge in [0.05, 0.1) is 6.61 Å². The van der Waals surface area contributed by atoms with Crippen LogP contribution in [0.15, 0.2) is 65.6 Å². The Morgan fingerprint density at radius 3 is 2.46 bits per heavy atom. The third kappa shape index (κ3) is 3.86. The molecular formula is C18H14ClFO3S. The average molecular weight is 365 g/mol. The summed E-state index contributed by atoms with van der Waals surface area (Å²) in [5, 5.41) is 2.26. The molecule has 3 aromatic rings. The molecule has 0 aliphatic rings. The largest absolute Gasteiger partial charge is 0.492 e. The third-order valence-electron chi connectivity index (χ3n) is 3.63. The molecule has 0 fully saturated rings. The summed E-state index contributed by atoms with van der Waals surface area (Å²) in [5.41, 5.74) is 1.04. The van der Waals surface area contributed by atoms with Gasteiger partial charge in [0.15, 0.2) is 0 Å². The summed E-state index contributed by atoms with van der Waals surface area (Å²) in [5.74, 6) is -0.662. The molecule has 0 spiro atoms. The molecule has 0 aromatic heterocycles. The number of halogens is 2. The van der Waals surface area contributed by atoms with Crippen LogP contribution in [0.25, 0.3) is 10.8 Å². The van der Waals surface area contributed by atoms with Crippen molar-refractivity contribution in [2.24, 2.45) is 0 Å². The van der Waals surface area contributed by atoms with Crippen molar-refractivity contribution < 1.29 is 17.5 Å². The Morgan fingerprint density at radius 1 is 0.958 bits per heavy atom. The molecule has 6 heteroatoms. The van der Waals surface area contributed by atoms with E-state index in [1.165, 1.54) is 0 Å². The number of ether oxygens (including phenoxy) is 1. The van der Waals surface area contributed by atoms with Crippen LogP contribution in [-0.4, -0.2) is 15.0 Å². The molecule has 0 aliphatic carbocycles. The van der Waals surface area contributed by atoms with Gasteiger partial charge in [-0.3, -0.25) is 0 Å². The van der Waals surface area contributed by atoms with E-state index in [0.717, 1.165) is 34.5 Å². The third-order valence-corrected chi connectivity index (χ3v) is 4.99. The number of fused-ring (bicyclic) bond motifs is 1. The van der Waals surface area contributed by atoms with Crippen molar-refractivity contribution in [2.45, 2.75) is 11.3 Å². The molecule has 0 aliphatic heterocycles. The highest BCUT2D eigenvalue weighted by atomic mass is 35.7. The molecule has 0 bridgehead atoms. The molecule has 3 nitrogen and oxygen atoms in total. The summed E-state index contributed by atoms with van der Waals surface area (Å²) in [6.45, 7) is 0.210.